The Bertz CT molecular complexity index is 907. The highest BCUT2D eigenvalue weighted by Crippen LogP contribution is 2.26. The van der Waals surface area contributed by atoms with E-state index in [1.807, 2.05) is 47.6 Å². The molecule has 0 aliphatic rings. The molecule has 0 unspecified atom stereocenters. The van der Waals surface area contributed by atoms with Crippen molar-refractivity contribution >= 4 is 21.6 Å². The summed E-state index contributed by atoms with van der Waals surface area (Å²) in [7, 11) is -3.88. The Kier molecular flexibility index (Phi) is 6.00. The second-order valence-corrected chi connectivity index (χ2v) is 9.83. The van der Waals surface area contributed by atoms with Gasteiger partial charge in [-0.05, 0) is 76.9 Å². The first-order chi connectivity index (χ1) is 12.4. The first kappa shape index (κ1) is 21.0. The van der Waals surface area contributed by atoms with E-state index in [1.54, 1.807) is 36.4 Å². The zero-order valence-electron chi connectivity index (χ0n) is 16.8. The van der Waals surface area contributed by atoms with E-state index < -0.39 is 15.6 Å². The molecule has 2 aromatic rings. The van der Waals surface area contributed by atoms with Crippen molar-refractivity contribution < 1.29 is 13.2 Å². The fourth-order valence-corrected chi connectivity index (χ4v) is 4.24. The first-order valence-electron chi connectivity index (χ1n) is 8.87. The molecule has 6 heteroatoms. The Morgan fingerprint density at radius 3 is 1.93 bits per heavy atom. The lowest BCUT2D eigenvalue weighted by molar-refractivity contribution is -0.121. The maximum Gasteiger partial charge on any atom is 0.264 e. The third kappa shape index (κ3) is 5.57. The molecule has 1 N–H and O–H groups in total. The molecule has 0 saturated carbocycles. The molecule has 0 fully saturated rings. The Labute approximate surface area is 162 Å². The molecule has 5 nitrogen and oxygen atoms in total. The first-order valence-corrected chi connectivity index (χ1v) is 10.3. The number of carbonyl (C=O) groups is 1. The second kappa shape index (κ2) is 7.72. The second-order valence-electron chi connectivity index (χ2n) is 7.97. The molecule has 2 aromatic carbocycles. The van der Waals surface area contributed by atoms with Gasteiger partial charge in [0.25, 0.3) is 10.0 Å². The summed E-state index contributed by atoms with van der Waals surface area (Å²) in [5.74, 6) is -0.350. The van der Waals surface area contributed by atoms with Crippen LogP contribution in [0.25, 0.3) is 0 Å². The van der Waals surface area contributed by atoms with E-state index in [0.29, 0.717) is 5.69 Å². The third-order valence-electron chi connectivity index (χ3n) is 3.91. The summed E-state index contributed by atoms with van der Waals surface area (Å²) in [6.07, 6.45) is 0. The number of nitrogens with one attached hydrogen (secondary N) is 1. The SMILES string of the molecule is Cc1ccc(S(=O)(=O)N(CC(=O)NC(C)(C)C)c2cc(C)cc(C)c2)cc1. The van der Waals surface area contributed by atoms with E-state index in [4.69, 9.17) is 0 Å². The van der Waals surface area contributed by atoms with Gasteiger partial charge < -0.3 is 5.32 Å². The smallest absolute Gasteiger partial charge is 0.264 e. The van der Waals surface area contributed by atoms with Crippen LogP contribution >= 0.6 is 0 Å². The summed E-state index contributed by atoms with van der Waals surface area (Å²) in [4.78, 5) is 12.7. The molecule has 1 amide bonds. The van der Waals surface area contributed by atoms with Crippen molar-refractivity contribution in [3.63, 3.8) is 0 Å². The summed E-state index contributed by atoms with van der Waals surface area (Å²) in [5.41, 5.74) is 2.88. The van der Waals surface area contributed by atoms with Crippen LogP contribution in [0.15, 0.2) is 47.4 Å². The Balaban J connectivity index is 2.51. The molecule has 27 heavy (non-hydrogen) atoms. The largest absolute Gasteiger partial charge is 0.350 e. The van der Waals surface area contributed by atoms with Gasteiger partial charge in [0, 0.05) is 5.54 Å². The molecule has 0 aromatic heterocycles. The van der Waals surface area contributed by atoms with Gasteiger partial charge in [0.05, 0.1) is 10.6 Å². The fraction of sp³-hybridized carbons (Fsp3) is 0.381. The number of amides is 1. The molecular formula is C21H28N2O3S. The number of anilines is 1. The molecule has 0 atom stereocenters. The van der Waals surface area contributed by atoms with E-state index >= 15 is 0 Å². The predicted octanol–water partition coefficient (Wildman–Crippen LogP) is 3.72. The lowest BCUT2D eigenvalue weighted by atomic mass is 10.1. The van der Waals surface area contributed by atoms with Gasteiger partial charge in [-0.15, -0.1) is 0 Å². The molecule has 0 spiro atoms. The van der Waals surface area contributed by atoms with E-state index in [9.17, 15) is 13.2 Å². The highest BCUT2D eigenvalue weighted by molar-refractivity contribution is 7.92. The number of sulfonamides is 1. The molecule has 2 rings (SSSR count). The number of aryl methyl sites for hydroxylation is 3. The van der Waals surface area contributed by atoms with Gasteiger partial charge in [-0.25, -0.2) is 8.42 Å². The van der Waals surface area contributed by atoms with Crippen LogP contribution < -0.4 is 9.62 Å². The number of hydrogen-bond donors (Lipinski definition) is 1. The van der Waals surface area contributed by atoms with Crippen LogP contribution in [0.5, 0.6) is 0 Å². The van der Waals surface area contributed by atoms with E-state index in [0.717, 1.165) is 16.7 Å². The van der Waals surface area contributed by atoms with Crippen LogP contribution in [0.3, 0.4) is 0 Å². The van der Waals surface area contributed by atoms with Crippen LogP contribution in [-0.2, 0) is 14.8 Å². The predicted molar refractivity (Wildman–Crippen MR) is 110 cm³/mol. The number of hydrogen-bond acceptors (Lipinski definition) is 3. The van der Waals surface area contributed by atoms with Gasteiger partial charge in [0.15, 0.2) is 0 Å². The summed E-state index contributed by atoms with van der Waals surface area (Å²) in [5, 5.41) is 2.84. The minimum absolute atomic E-state index is 0.163. The van der Waals surface area contributed by atoms with E-state index in [1.165, 1.54) is 4.31 Å². The Morgan fingerprint density at radius 1 is 0.926 bits per heavy atom. The van der Waals surface area contributed by atoms with Gasteiger partial charge in [0.2, 0.25) is 5.91 Å². The Hall–Kier alpha value is -2.34. The van der Waals surface area contributed by atoms with Crippen molar-refractivity contribution in [3.05, 3.63) is 59.2 Å². The summed E-state index contributed by atoms with van der Waals surface area (Å²) < 4.78 is 27.8. The maximum absolute atomic E-state index is 13.3. The lowest BCUT2D eigenvalue weighted by Gasteiger charge is -2.27. The zero-order chi connectivity index (χ0) is 20.4. The number of rotatable bonds is 5. The van der Waals surface area contributed by atoms with Crippen LogP contribution in [-0.4, -0.2) is 26.4 Å². The summed E-state index contributed by atoms with van der Waals surface area (Å²) in [6, 6.07) is 12.2. The molecule has 0 aliphatic heterocycles. The van der Waals surface area contributed by atoms with Crippen molar-refractivity contribution in [2.24, 2.45) is 0 Å². The average molecular weight is 389 g/mol. The maximum atomic E-state index is 13.3. The summed E-state index contributed by atoms with van der Waals surface area (Å²) >= 11 is 0. The zero-order valence-corrected chi connectivity index (χ0v) is 17.6. The van der Waals surface area contributed by atoms with Gasteiger partial charge in [-0.3, -0.25) is 9.10 Å². The quantitative estimate of drug-likeness (QED) is 0.849. The highest BCUT2D eigenvalue weighted by Gasteiger charge is 2.28. The van der Waals surface area contributed by atoms with E-state index in [-0.39, 0.29) is 17.3 Å². The van der Waals surface area contributed by atoms with Gasteiger partial charge >= 0.3 is 0 Å². The topological polar surface area (TPSA) is 66.5 Å². The summed E-state index contributed by atoms with van der Waals surface area (Å²) in [6.45, 7) is 11.0. The van der Waals surface area contributed by atoms with Crippen molar-refractivity contribution in [1.29, 1.82) is 0 Å². The van der Waals surface area contributed by atoms with Crippen molar-refractivity contribution in [1.82, 2.24) is 5.32 Å². The van der Waals surface area contributed by atoms with Crippen molar-refractivity contribution in [2.75, 3.05) is 10.8 Å². The minimum atomic E-state index is -3.88. The van der Waals surface area contributed by atoms with Crippen molar-refractivity contribution in [2.45, 2.75) is 52.0 Å². The number of carbonyl (C=O) groups excluding carboxylic acids is 1. The molecular weight excluding hydrogens is 360 g/mol. The molecule has 0 saturated heterocycles. The fourth-order valence-electron chi connectivity index (χ4n) is 2.84. The average Bonchev–Trinajstić information content (AvgIpc) is 2.50. The molecule has 0 heterocycles. The van der Waals surface area contributed by atoms with Gasteiger partial charge in [0.1, 0.15) is 6.54 Å². The van der Waals surface area contributed by atoms with Crippen LogP contribution in [0, 0.1) is 20.8 Å². The standard InChI is InChI=1S/C21H28N2O3S/c1-15-7-9-19(10-8-15)27(25,26)23(14-20(24)22-21(4,5)6)18-12-16(2)11-17(3)13-18/h7-13H,14H2,1-6H3,(H,22,24). The van der Waals surface area contributed by atoms with Crippen LogP contribution in [0.2, 0.25) is 0 Å². The molecule has 0 aliphatic carbocycles. The van der Waals surface area contributed by atoms with Crippen LogP contribution in [0.4, 0.5) is 5.69 Å². The van der Waals surface area contributed by atoms with Crippen LogP contribution in [0.1, 0.15) is 37.5 Å². The lowest BCUT2D eigenvalue weighted by Crippen LogP contribution is -2.47. The third-order valence-corrected chi connectivity index (χ3v) is 5.69. The Morgan fingerprint density at radius 2 is 1.44 bits per heavy atom. The highest BCUT2D eigenvalue weighted by atomic mass is 32.2. The molecule has 0 radical (unpaired) electrons. The van der Waals surface area contributed by atoms with E-state index in [2.05, 4.69) is 5.32 Å². The van der Waals surface area contributed by atoms with Gasteiger partial charge in [-0.2, -0.15) is 0 Å². The van der Waals surface area contributed by atoms with Crippen molar-refractivity contribution in [3.8, 4) is 0 Å². The monoisotopic (exact) mass is 388 g/mol. The minimum Gasteiger partial charge on any atom is -0.350 e. The molecule has 0 bridgehead atoms. The van der Waals surface area contributed by atoms with Gasteiger partial charge in [-0.1, -0.05) is 23.8 Å². The normalized spacial score (nSPS) is 11.9. The number of benzene rings is 2. The number of nitrogens with zero attached hydrogens (tertiary/aromatic N) is 1. The molecule has 146 valence electrons.